The highest BCUT2D eigenvalue weighted by Gasteiger charge is 1.87. The Morgan fingerprint density at radius 2 is 2.08 bits per heavy atom. The van der Waals surface area contributed by atoms with Crippen molar-refractivity contribution in [3.05, 3.63) is 42.5 Å². The van der Waals surface area contributed by atoms with Gasteiger partial charge in [-0.15, -0.1) is 0 Å². The molecule has 2 heteroatoms. The van der Waals surface area contributed by atoms with Gasteiger partial charge in [-0.2, -0.15) is 0 Å². The third-order valence-electron chi connectivity index (χ3n) is 1.44. The van der Waals surface area contributed by atoms with Crippen LogP contribution in [0, 0.1) is 0 Å². The van der Waals surface area contributed by atoms with Gasteiger partial charge in [-0.05, 0) is 31.2 Å². The van der Waals surface area contributed by atoms with Crippen LogP contribution in [0.1, 0.15) is 6.92 Å². The summed E-state index contributed by atoms with van der Waals surface area (Å²) in [5.41, 5.74) is 0. The van der Waals surface area contributed by atoms with Crippen molar-refractivity contribution in [1.82, 2.24) is 0 Å². The zero-order valence-corrected chi connectivity index (χ0v) is 7.57. The summed E-state index contributed by atoms with van der Waals surface area (Å²) in [6.45, 7) is 1.95. The predicted octanol–water partition coefficient (Wildman–Crippen LogP) is 2.21. The van der Waals surface area contributed by atoms with Crippen LogP contribution in [0.3, 0.4) is 0 Å². The first kappa shape index (κ1) is 9.52. The van der Waals surface area contributed by atoms with Crippen LogP contribution in [0.25, 0.3) is 0 Å². The van der Waals surface area contributed by atoms with E-state index in [0.29, 0.717) is 6.61 Å². The number of hydrogen-bond donors (Lipinski definition) is 0. The normalized spacial score (nSPS) is 10.2. The van der Waals surface area contributed by atoms with Crippen molar-refractivity contribution < 1.29 is 9.53 Å². The molecule has 0 spiro atoms. The number of rotatable bonds is 4. The van der Waals surface area contributed by atoms with Crippen LogP contribution in [0.15, 0.2) is 42.5 Å². The van der Waals surface area contributed by atoms with Crippen molar-refractivity contribution >= 4 is 5.78 Å². The van der Waals surface area contributed by atoms with Crippen molar-refractivity contribution in [1.29, 1.82) is 0 Å². The van der Waals surface area contributed by atoms with Gasteiger partial charge >= 0.3 is 0 Å². The van der Waals surface area contributed by atoms with E-state index < -0.39 is 0 Å². The molecule has 2 nitrogen and oxygen atoms in total. The van der Waals surface area contributed by atoms with Gasteiger partial charge in [0, 0.05) is 0 Å². The first-order valence-corrected chi connectivity index (χ1v) is 4.14. The van der Waals surface area contributed by atoms with Crippen LogP contribution in [0.5, 0.6) is 5.75 Å². The third-order valence-corrected chi connectivity index (χ3v) is 1.44. The van der Waals surface area contributed by atoms with Gasteiger partial charge < -0.3 is 4.74 Å². The number of ketones is 1. The molecule has 0 aliphatic carbocycles. The maximum Gasteiger partial charge on any atom is 0.152 e. The summed E-state index contributed by atoms with van der Waals surface area (Å²) >= 11 is 0. The third kappa shape index (κ3) is 4.11. The number of ether oxygens (including phenoxy) is 1. The highest BCUT2D eigenvalue weighted by atomic mass is 16.5. The van der Waals surface area contributed by atoms with E-state index >= 15 is 0 Å². The molecule has 0 aliphatic rings. The van der Waals surface area contributed by atoms with Gasteiger partial charge in [-0.1, -0.05) is 18.2 Å². The number of carbonyl (C=O) groups is 1. The molecule has 0 heterocycles. The van der Waals surface area contributed by atoms with Crippen LogP contribution in [0.2, 0.25) is 0 Å². The Morgan fingerprint density at radius 1 is 1.38 bits per heavy atom. The highest BCUT2D eigenvalue weighted by molar-refractivity contribution is 5.87. The van der Waals surface area contributed by atoms with Crippen molar-refractivity contribution in [2.24, 2.45) is 0 Å². The highest BCUT2D eigenvalue weighted by Crippen LogP contribution is 2.07. The molecule has 0 bridgehead atoms. The summed E-state index contributed by atoms with van der Waals surface area (Å²) in [5, 5.41) is 0. The van der Waals surface area contributed by atoms with E-state index in [1.54, 1.807) is 6.08 Å². The molecule has 0 saturated heterocycles. The maximum atomic E-state index is 10.5. The van der Waals surface area contributed by atoms with Crippen LogP contribution in [-0.4, -0.2) is 12.4 Å². The Balaban J connectivity index is 2.32. The fourth-order valence-corrected chi connectivity index (χ4v) is 0.875. The monoisotopic (exact) mass is 176 g/mol. The maximum absolute atomic E-state index is 10.5. The summed E-state index contributed by atoms with van der Waals surface area (Å²) < 4.78 is 5.32. The van der Waals surface area contributed by atoms with Gasteiger partial charge in [0.1, 0.15) is 12.4 Å². The van der Waals surface area contributed by atoms with E-state index in [-0.39, 0.29) is 5.78 Å². The number of hydrogen-bond acceptors (Lipinski definition) is 2. The van der Waals surface area contributed by atoms with Crippen molar-refractivity contribution in [3.8, 4) is 5.75 Å². The Bertz CT molecular complexity index is 288. The number of allylic oxidation sites excluding steroid dienone is 1. The quantitative estimate of drug-likeness (QED) is 0.657. The lowest BCUT2D eigenvalue weighted by Crippen LogP contribution is -1.93. The zero-order valence-electron chi connectivity index (χ0n) is 7.57. The van der Waals surface area contributed by atoms with E-state index in [0.717, 1.165) is 5.75 Å². The largest absolute Gasteiger partial charge is 0.490 e. The summed E-state index contributed by atoms with van der Waals surface area (Å²) in [5.74, 6) is 0.854. The first-order valence-electron chi connectivity index (χ1n) is 4.14. The standard InChI is InChI=1S/C11H12O2/c1-10(12)6-5-9-13-11-7-3-2-4-8-11/h2-8H,9H2,1H3/b6-5+. The molecule has 0 N–H and O–H groups in total. The van der Waals surface area contributed by atoms with Gasteiger partial charge in [0.25, 0.3) is 0 Å². The zero-order chi connectivity index (χ0) is 9.52. The number of carbonyl (C=O) groups excluding carboxylic acids is 1. The smallest absolute Gasteiger partial charge is 0.152 e. The van der Waals surface area contributed by atoms with E-state index in [9.17, 15) is 4.79 Å². The molecule has 13 heavy (non-hydrogen) atoms. The Kier molecular flexibility index (Phi) is 3.76. The Labute approximate surface area is 77.8 Å². The summed E-state index contributed by atoms with van der Waals surface area (Å²) in [7, 11) is 0. The second-order valence-corrected chi connectivity index (χ2v) is 2.64. The van der Waals surface area contributed by atoms with Crippen LogP contribution in [0.4, 0.5) is 0 Å². The van der Waals surface area contributed by atoms with Gasteiger partial charge in [0.15, 0.2) is 5.78 Å². The minimum Gasteiger partial charge on any atom is -0.490 e. The molecule has 0 fully saturated rings. The number of para-hydroxylation sites is 1. The lowest BCUT2D eigenvalue weighted by atomic mass is 10.3. The fraction of sp³-hybridized carbons (Fsp3) is 0.182. The van der Waals surface area contributed by atoms with Gasteiger partial charge in [0.05, 0.1) is 0 Å². The average molecular weight is 176 g/mol. The minimum atomic E-state index is 0.0386. The molecule has 1 rings (SSSR count). The molecule has 0 aliphatic heterocycles. The molecule has 0 radical (unpaired) electrons. The molecule has 1 aromatic rings. The van der Waals surface area contributed by atoms with E-state index in [4.69, 9.17) is 4.74 Å². The molecule has 0 aromatic heterocycles. The van der Waals surface area contributed by atoms with Crippen molar-refractivity contribution in [2.75, 3.05) is 6.61 Å². The van der Waals surface area contributed by atoms with Crippen molar-refractivity contribution in [3.63, 3.8) is 0 Å². The van der Waals surface area contributed by atoms with Crippen LogP contribution < -0.4 is 4.74 Å². The second kappa shape index (κ2) is 5.14. The Hall–Kier alpha value is -1.57. The molecule has 0 amide bonds. The summed E-state index contributed by atoms with van der Waals surface area (Å²) in [6.07, 6.45) is 3.21. The fourth-order valence-electron chi connectivity index (χ4n) is 0.875. The Morgan fingerprint density at radius 3 is 2.69 bits per heavy atom. The lowest BCUT2D eigenvalue weighted by Gasteiger charge is -2.00. The SMILES string of the molecule is CC(=O)/C=C/COc1ccccc1. The minimum absolute atomic E-state index is 0.0386. The van der Waals surface area contributed by atoms with Crippen LogP contribution in [-0.2, 0) is 4.79 Å². The first-order chi connectivity index (χ1) is 6.29. The van der Waals surface area contributed by atoms with Gasteiger partial charge in [-0.3, -0.25) is 4.79 Å². The van der Waals surface area contributed by atoms with E-state index in [2.05, 4.69) is 0 Å². The van der Waals surface area contributed by atoms with Crippen LogP contribution >= 0.6 is 0 Å². The van der Waals surface area contributed by atoms with E-state index in [1.807, 2.05) is 30.3 Å². The van der Waals surface area contributed by atoms with Gasteiger partial charge in [0.2, 0.25) is 0 Å². The molecule has 68 valence electrons. The molecule has 0 unspecified atom stereocenters. The van der Waals surface area contributed by atoms with E-state index in [1.165, 1.54) is 13.0 Å². The molecule has 1 aromatic carbocycles. The molecular formula is C11H12O2. The van der Waals surface area contributed by atoms with Gasteiger partial charge in [-0.25, -0.2) is 0 Å². The number of benzene rings is 1. The average Bonchev–Trinajstić information content (AvgIpc) is 2.14. The second-order valence-electron chi connectivity index (χ2n) is 2.64. The summed E-state index contributed by atoms with van der Waals surface area (Å²) in [4.78, 5) is 10.5. The molecule has 0 saturated carbocycles. The molecule has 0 atom stereocenters. The van der Waals surface area contributed by atoms with Crippen molar-refractivity contribution in [2.45, 2.75) is 6.92 Å². The molecular weight excluding hydrogens is 164 g/mol. The lowest BCUT2D eigenvalue weighted by molar-refractivity contribution is -0.112. The topological polar surface area (TPSA) is 26.3 Å². The summed E-state index contributed by atoms with van der Waals surface area (Å²) in [6, 6.07) is 9.50. The predicted molar refractivity (Wildman–Crippen MR) is 51.8 cm³/mol.